The molecule has 1 N–H and O–H groups in total. The Bertz CT molecular complexity index is 661. The first-order valence-electron chi connectivity index (χ1n) is 5.27. The molecule has 2 rings (SSSR count). The number of carbonyl (C=O) groups is 1. The van der Waals surface area contributed by atoms with Crippen LogP contribution in [0.1, 0.15) is 11.3 Å². The molecule has 2 aromatic rings. The number of hydrogen-bond acceptors (Lipinski definition) is 1. The molecule has 0 aliphatic rings. The summed E-state index contributed by atoms with van der Waals surface area (Å²) in [4.78, 5) is 10.8. The number of nitrogens with zero attached hydrogens (tertiary/aromatic N) is 1. The van der Waals surface area contributed by atoms with E-state index >= 15 is 0 Å². The number of aryl methyl sites for hydroxylation is 1. The number of aromatic nitrogens is 1. The van der Waals surface area contributed by atoms with Crippen molar-refractivity contribution >= 4 is 32.8 Å². The topological polar surface area (TPSA) is 42.2 Å². The first kappa shape index (κ1) is 13.9. The SMILES string of the molecule is Cn1c(C(F)(F)F)c(CC(=O)O)c2cc(Br)ccc21. The second kappa shape index (κ2) is 4.56. The van der Waals surface area contributed by atoms with E-state index in [-0.39, 0.29) is 5.56 Å². The number of benzene rings is 1. The molecule has 1 aromatic carbocycles. The van der Waals surface area contributed by atoms with Gasteiger partial charge in [0.05, 0.1) is 6.42 Å². The van der Waals surface area contributed by atoms with Crippen LogP contribution in [0.2, 0.25) is 0 Å². The van der Waals surface area contributed by atoms with Crippen LogP contribution in [0.5, 0.6) is 0 Å². The molecular formula is C12H9BrF3NO2. The predicted octanol–water partition coefficient (Wildman–Crippen LogP) is 3.59. The average Bonchev–Trinajstić information content (AvgIpc) is 2.50. The normalized spacial score (nSPS) is 12.1. The van der Waals surface area contributed by atoms with Crippen molar-refractivity contribution in [2.24, 2.45) is 7.05 Å². The number of hydrogen-bond donors (Lipinski definition) is 1. The van der Waals surface area contributed by atoms with E-state index in [0.717, 1.165) is 4.57 Å². The number of aliphatic carboxylic acids is 1. The number of carboxylic acids is 1. The maximum Gasteiger partial charge on any atom is 0.431 e. The molecule has 7 heteroatoms. The summed E-state index contributed by atoms with van der Waals surface area (Å²) in [7, 11) is 1.28. The molecule has 102 valence electrons. The Morgan fingerprint density at radius 1 is 1.42 bits per heavy atom. The Hall–Kier alpha value is -1.50. The largest absolute Gasteiger partial charge is 0.481 e. The summed E-state index contributed by atoms with van der Waals surface area (Å²) in [6.45, 7) is 0. The van der Waals surface area contributed by atoms with Crippen LogP contribution in [0, 0.1) is 0 Å². The molecule has 0 amide bonds. The minimum atomic E-state index is -4.59. The van der Waals surface area contributed by atoms with Gasteiger partial charge < -0.3 is 9.67 Å². The van der Waals surface area contributed by atoms with Gasteiger partial charge in [-0.15, -0.1) is 0 Å². The van der Waals surface area contributed by atoms with Gasteiger partial charge in [0.1, 0.15) is 5.69 Å². The quantitative estimate of drug-likeness (QED) is 0.911. The molecule has 0 unspecified atom stereocenters. The number of carboxylic acid groups (broad SMARTS) is 1. The Morgan fingerprint density at radius 2 is 2.05 bits per heavy atom. The average molecular weight is 336 g/mol. The fourth-order valence-corrected chi connectivity index (χ4v) is 2.55. The Balaban J connectivity index is 2.85. The molecule has 0 atom stereocenters. The Kier molecular flexibility index (Phi) is 3.34. The Morgan fingerprint density at radius 3 is 2.58 bits per heavy atom. The van der Waals surface area contributed by atoms with Crippen molar-refractivity contribution < 1.29 is 23.1 Å². The second-order valence-corrected chi connectivity index (χ2v) is 5.03. The van der Waals surface area contributed by atoms with E-state index in [9.17, 15) is 18.0 Å². The minimum absolute atomic E-state index is 0.209. The van der Waals surface area contributed by atoms with E-state index in [0.29, 0.717) is 15.4 Å². The van der Waals surface area contributed by atoms with E-state index in [1.807, 2.05) is 0 Å². The molecule has 1 aromatic heterocycles. The molecule has 1 heterocycles. The zero-order chi connectivity index (χ0) is 14.4. The van der Waals surface area contributed by atoms with Crippen LogP contribution in [0.25, 0.3) is 10.9 Å². The van der Waals surface area contributed by atoms with Crippen molar-refractivity contribution in [1.82, 2.24) is 4.57 Å². The monoisotopic (exact) mass is 335 g/mol. The molecule has 0 saturated carbocycles. The smallest absolute Gasteiger partial charge is 0.431 e. The van der Waals surface area contributed by atoms with Crippen molar-refractivity contribution in [3.63, 3.8) is 0 Å². The summed E-state index contributed by atoms with van der Waals surface area (Å²) in [5.41, 5.74) is -0.770. The molecule has 0 radical (unpaired) electrons. The third kappa shape index (κ3) is 2.47. The third-order valence-corrected chi connectivity index (χ3v) is 3.36. The van der Waals surface area contributed by atoms with Crippen LogP contribution in [-0.2, 0) is 24.4 Å². The zero-order valence-corrected chi connectivity index (χ0v) is 11.3. The van der Waals surface area contributed by atoms with Crippen LogP contribution < -0.4 is 0 Å². The third-order valence-electron chi connectivity index (χ3n) is 2.86. The number of rotatable bonds is 2. The van der Waals surface area contributed by atoms with Gasteiger partial charge in [-0.25, -0.2) is 0 Å². The van der Waals surface area contributed by atoms with Gasteiger partial charge in [-0.2, -0.15) is 13.2 Å². The van der Waals surface area contributed by atoms with E-state index in [2.05, 4.69) is 15.9 Å². The molecule has 0 spiro atoms. The maximum absolute atomic E-state index is 13.1. The van der Waals surface area contributed by atoms with Crippen LogP contribution in [0.4, 0.5) is 13.2 Å². The van der Waals surface area contributed by atoms with Crippen molar-refractivity contribution in [3.05, 3.63) is 33.9 Å². The fourth-order valence-electron chi connectivity index (χ4n) is 2.18. The highest BCUT2D eigenvalue weighted by Gasteiger charge is 2.38. The lowest BCUT2D eigenvalue weighted by Crippen LogP contribution is -2.15. The summed E-state index contributed by atoms with van der Waals surface area (Å²) in [5.74, 6) is -1.29. The number of halogens is 4. The minimum Gasteiger partial charge on any atom is -0.481 e. The molecule has 0 saturated heterocycles. The highest BCUT2D eigenvalue weighted by atomic mass is 79.9. The lowest BCUT2D eigenvalue weighted by molar-refractivity contribution is -0.144. The van der Waals surface area contributed by atoms with Crippen LogP contribution in [0.15, 0.2) is 22.7 Å². The first-order chi connectivity index (χ1) is 8.71. The van der Waals surface area contributed by atoms with Gasteiger partial charge in [-0.05, 0) is 18.2 Å². The lowest BCUT2D eigenvalue weighted by atomic mass is 10.1. The van der Waals surface area contributed by atoms with Crippen LogP contribution in [-0.4, -0.2) is 15.6 Å². The van der Waals surface area contributed by atoms with Crippen LogP contribution in [0.3, 0.4) is 0 Å². The van der Waals surface area contributed by atoms with E-state index < -0.39 is 24.3 Å². The molecule has 3 nitrogen and oxygen atoms in total. The van der Waals surface area contributed by atoms with Gasteiger partial charge in [0.2, 0.25) is 0 Å². The highest BCUT2D eigenvalue weighted by molar-refractivity contribution is 9.10. The maximum atomic E-state index is 13.1. The predicted molar refractivity (Wildman–Crippen MR) is 67.0 cm³/mol. The van der Waals surface area contributed by atoms with Crippen molar-refractivity contribution in [2.45, 2.75) is 12.6 Å². The first-order valence-corrected chi connectivity index (χ1v) is 6.07. The highest BCUT2D eigenvalue weighted by Crippen LogP contribution is 2.38. The molecule has 19 heavy (non-hydrogen) atoms. The van der Waals surface area contributed by atoms with Gasteiger partial charge in [-0.3, -0.25) is 4.79 Å². The number of fused-ring (bicyclic) bond motifs is 1. The molecule has 0 fully saturated rings. The zero-order valence-electron chi connectivity index (χ0n) is 9.75. The van der Waals surface area contributed by atoms with Crippen molar-refractivity contribution in [2.75, 3.05) is 0 Å². The molecule has 0 aliphatic heterocycles. The van der Waals surface area contributed by atoms with E-state index in [1.165, 1.54) is 19.2 Å². The van der Waals surface area contributed by atoms with Gasteiger partial charge >= 0.3 is 12.1 Å². The van der Waals surface area contributed by atoms with Gasteiger partial charge in [0, 0.05) is 28.0 Å². The molecular weight excluding hydrogens is 327 g/mol. The van der Waals surface area contributed by atoms with Gasteiger partial charge in [0.15, 0.2) is 0 Å². The van der Waals surface area contributed by atoms with Crippen molar-refractivity contribution in [3.8, 4) is 0 Å². The van der Waals surface area contributed by atoms with Crippen LogP contribution >= 0.6 is 15.9 Å². The summed E-state index contributed by atoms with van der Waals surface area (Å²) in [5, 5.41) is 9.10. The summed E-state index contributed by atoms with van der Waals surface area (Å²) in [6.07, 6.45) is -5.26. The van der Waals surface area contributed by atoms with E-state index in [4.69, 9.17) is 5.11 Å². The van der Waals surface area contributed by atoms with Gasteiger partial charge in [-0.1, -0.05) is 15.9 Å². The summed E-state index contributed by atoms with van der Waals surface area (Å²) < 4.78 is 40.8. The van der Waals surface area contributed by atoms with E-state index in [1.54, 1.807) is 6.07 Å². The molecule has 0 bridgehead atoms. The standard InChI is InChI=1S/C12H9BrF3NO2/c1-17-9-3-2-6(13)4-7(9)8(5-10(18)19)11(17)12(14,15)16/h2-4H,5H2,1H3,(H,18,19). The van der Waals surface area contributed by atoms with Gasteiger partial charge in [0.25, 0.3) is 0 Å². The number of alkyl halides is 3. The summed E-state index contributed by atoms with van der Waals surface area (Å²) >= 11 is 3.18. The van der Waals surface area contributed by atoms with Crippen molar-refractivity contribution in [1.29, 1.82) is 0 Å². The lowest BCUT2D eigenvalue weighted by Gasteiger charge is -2.10. The summed E-state index contributed by atoms with van der Waals surface area (Å²) in [6, 6.07) is 4.65. The second-order valence-electron chi connectivity index (χ2n) is 4.12. The fraction of sp³-hybridized carbons (Fsp3) is 0.250. The Labute approximate surface area is 114 Å². The molecule has 0 aliphatic carbocycles.